The van der Waals surface area contributed by atoms with E-state index < -0.39 is 0 Å². The fraction of sp³-hybridized carbons (Fsp3) is 0.917. The summed E-state index contributed by atoms with van der Waals surface area (Å²) in [6.07, 6.45) is 2.06. The van der Waals surface area contributed by atoms with E-state index in [-0.39, 0.29) is 11.0 Å². The van der Waals surface area contributed by atoms with E-state index in [4.69, 9.17) is 0 Å². The number of nitrogens with zero attached hydrogens (tertiary/aromatic N) is 1. The first-order valence-electron chi connectivity index (χ1n) is 5.45. The maximum atomic E-state index is 4.55. The monoisotopic (exact) mass is 198 g/mol. The Hall–Kier alpha value is -0.370. The van der Waals surface area contributed by atoms with Gasteiger partial charge >= 0.3 is 0 Å². The van der Waals surface area contributed by atoms with E-state index in [1.54, 1.807) is 0 Å². The zero-order valence-corrected chi connectivity index (χ0v) is 10.8. The SMILES string of the molecule is CCNC(C=NC(C)(C)C)C(C)(C)C. The molecule has 0 fully saturated rings. The maximum Gasteiger partial charge on any atom is 0.0520 e. The van der Waals surface area contributed by atoms with Crippen molar-refractivity contribution in [2.24, 2.45) is 10.4 Å². The van der Waals surface area contributed by atoms with Gasteiger partial charge in [0, 0.05) is 12.3 Å². The van der Waals surface area contributed by atoms with Crippen LogP contribution in [-0.2, 0) is 0 Å². The van der Waals surface area contributed by atoms with E-state index in [1.807, 2.05) is 0 Å². The lowest BCUT2D eigenvalue weighted by atomic mass is 9.87. The third-order valence-electron chi connectivity index (χ3n) is 1.97. The predicted molar refractivity (Wildman–Crippen MR) is 65.2 cm³/mol. The standard InChI is InChI=1S/C12H26N2/c1-8-13-10(11(2,3)4)9-14-12(5,6)7/h9-10,13H,8H2,1-7H3. The molecule has 0 saturated carbocycles. The molecule has 14 heavy (non-hydrogen) atoms. The molecular formula is C12H26N2. The van der Waals surface area contributed by atoms with Crippen LogP contribution in [0.3, 0.4) is 0 Å². The smallest absolute Gasteiger partial charge is 0.0520 e. The average molecular weight is 198 g/mol. The van der Waals surface area contributed by atoms with Crippen molar-refractivity contribution in [1.29, 1.82) is 0 Å². The fourth-order valence-corrected chi connectivity index (χ4v) is 1.10. The third kappa shape index (κ3) is 6.14. The van der Waals surface area contributed by atoms with Crippen molar-refractivity contribution in [2.45, 2.75) is 60.0 Å². The highest BCUT2D eigenvalue weighted by atomic mass is 14.9. The van der Waals surface area contributed by atoms with Crippen molar-refractivity contribution in [2.75, 3.05) is 6.54 Å². The molecule has 0 radical (unpaired) electrons. The van der Waals surface area contributed by atoms with E-state index in [0.29, 0.717) is 6.04 Å². The number of hydrogen-bond donors (Lipinski definition) is 1. The third-order valence-corrected chi connectivity index (χ3v) is 1.97. The molecule has 84 valence electrons. The second kappa shape index (κ2) is 4.92. The summed E-state index contributed by atoms with van der Waals surface area (Å²) in [5, 5.41) is 3.45. The van der Waals surface area contributed by atoms with Gasteiger partial charge < -0.3 is 5.32 Å². The zero-order chi connectivity index (χ0) is 11.4. The summed E-state index contributed by atoms with van der Waals surface area (Å²) < 4.78 is 0. The Bertz CT molecular complexity index is 181. The molecule has 0 aliphatic heterocycles. The molecule has 0 aromatic rings. The first-order valence-corrected chi connectivity index (χ1v) is 5.45. The van der Waals surface area contributed by atoms with E-state index in [9.17, 15) is 0 Å². The molecule has 0 aliphatic carbocycles. The van der Waals surface area contributed by atoms with E-state index in [1.165, 1.54) is 0 Å². The molecule has 0 spiro atoms. The number of rotatable bonds is 3. The second-order valence-corrected chi connectivity index (χ2v) is 5.85. The normalized spacial score (nSPS) is 16.2. The Morgan fingerprint density at radius 3 is 1.93 bits per heavy atom. The van der Waals surface area contributed by atoms with Gasteiger partial charge in [0.25, 0.3) is 0 Å². The molecule has 0 aromatic heterocycles. The van der Waals surface area contributed by atoms with Gasteiger partial charge in [-0.3, -0.25) is 4.99 Å². The first kappa shape index (κ1) is 13.6. The van der Waals surface area contributed by atoms with Gasteiger partial charge in [-0.2, -0.15) is 0 Å². The molecule has 1 atom stereocenters. The van der Waals surface area contributed by atoms with E-state index >= 15 is 0 Å². The molecule has 0 heterocycles. The van der Waals surface area contributed by atoms with Crippen LogP contribution in [0.15, 0.2) is 4.99 Å². The highest BCUT2D eigenvalue weighted by Crippen LogP contribution is 2.18. The largest absolute Gasteiger partial charge is 0.309 e. The quantitative estimate of drug-likeness (QED) is 0.693. The van der Waals surface area contributed by atoms with E-state index in [2.05, 4.69) is 65.0 Å². The Balaban J connectivity index is 4.46. The summed E-state index contributed by atoms with van der Waals surface area (Å²) in [4.78, 5) is 4.55. The lowest BCUT2D eigenvalue weighted by molar-refractivity contribution is 0.337. The van der Waals surface area contributed by atoms with Gasteiger partial charge in [0.05, 0.1) is 5.54 Å². The molecule has 0 aliphatic rings. The van der Waals surface area contributed by atoms with Crippen LogP contribution in [0.1, 0.15) is 48.5 Å². The molecule has 1 N–H and O–H groups in total. The average Bonchev–Trinajstić information content (AvgIpc) is 1.93. The van der Waals surface area contributed by atoms with Crippen LogP contribution in [0, 0.1) is 5.41 Å². The van der Waals surface area contributed by atoms with Crippen LogP contribution in [-0.4, -0.2) is 24.3 Å². The molecular weight excluding hydrogens is 172 g/mol. The number of nitrogens with one attached hydrogen (secondary N) is 1. The van der Waals surface area contributed by atoms with Gasteiger partial charge in [-0.15, -0.1) is 0 Å². The van der Waals surface area contributed by atoms with Crippen molar-refractivity contribution in [3.05, 3.63) is 0 Å². The first-order chi connectivity index (χ1) is 6.17. The topological polar surface area (TPSA) is 24.4 Å². The predicted octanol–water partition coefficient (Wildman–Crippen LogP) is 2.88. The Kier molecular flexibility index (Phi) is 4.79. The Labute approximate surface area is 89.2 Å². The summed E-state index contributed by atoms with van der Waals surface area (Å²) >= 11 is 0. The van der Waals surface area contributed by atoms with Crippen molar-refractivity contribution >= 4 is 6.21 Å². The molecule has 0 amide bonds. The fourth-order valence-electron chi connectivity index (χ4n) is 1.10. The highest BCUT2D eigenvalue weighted by Gasteiger charge is 2.22. The molecule has 0 saturated heterocycles. The molecule has 2 nitrogen and oxygen atoms in total. The molecule has 0 bridgehead atoms. The lowest BCUT2D eigenvalue weighted by Gasteiger charge is -2.29. The van der Waals surface area contributed by atoms with E-state index in [0.717, 1.165) is 6.54 Å². The van der Waals surface area contributed by atoms with Crippen molar-refractivity contribution < 1.29 is 0 Å². The molecule has 0 aromatic carbocycles. The van der Waals surface area contributed by atoms with Gasteiger partial charge in [0.1, 0.15) is 0 Å². The molecule has 1 unspecified atom stereocenters. The Morgan fingerprint density at radius 1 is 1.14 bits per heavy atom. The minimum Gasteiger partial charge on any atom is -0.309 e. The van der Waals surface area contributed by atoms with Gasteiger partial charge in [-0.1, -0.05) is 27.7 Å². The second-order valence-electron chi connectivity index (χ2n) is 5.85. The number of aliphatic imine (C=N–C) groups is 1. The molecule has 2 heteroatoms. The van der Waals surface area contributed by atoms with Crippen LogP contribution in [0.5, 0.6) is 0 Å². The number of hydrogen-bond acceptors (Lipinski definition) is 2. The lowest BCUT2D eigenvalue weighted by Crippen LogP contribution is -2.42. The van der Waals surface area contributed by atoms with Crippen LogP contribution in [0.2, 0.25) is 0 Å². The summed E-state index contributed by atoms with van der Waals surface area (Å²) in [6, 6.07) is 0.353. The summed E-state index contributed by atoms with van der Waals surface area (Å²) in [5.41, 5.74) is 0.254. The summed E-state index contributed by atoms with van der Waals surface area (Å²) in [5.74, 6) is 0. The van der Waals surface area contributed by atoms with Crippen molar-refractivity contribution in [3.8, 4) is 0 Å². The van der Waals surface area contributed by atoms with Crippen LogP contribution in [0.4, 0.5) is 0 Å². The summed E-state index contributed by atoms with van der Waals surface area (Å²) in [6.45, 7) is 16.2. The minimum absolute atomic E-state index is 0.0267. The van der Waals surface area contributed by atoms with Crippen LogP contribution in [0.25, 0.3) is 0 Å². The van der Waals surface area contributed by atoms with Crippen molar-refractivity contribution in [1.82, 2.24) is 5.32 Å². The summed E-state index contributed by atoms with van der Waals surface area (Å²) in [7, 11) is 0. The van der Waals surface area contributed by atoms with Gasteiger partial charge in [-0.05, 0) is 32.7 Å². The molecule has 0 rings (SSSR count). The zero-order valence-electron chi connectivity index (χ0n) is 10.8. The van der Waals surface area contributed by atoms with Crippen molar-refractivity contribution in [3.63, 3.8) is 0 Å². The van der Waals surface area contributed by atoms with Crippen LogP contribution < -0.4 is 5.32 Å². The minimum atomic E-state index is 0.0267. The highest BCUT2D eigenvalue weighted by molar-refractivity contribution is 5.66. The maximum absolute atomic E-state index is 4.55. The van der Waals surface area contributed by atoms with Gasteiger partial charge in [-0.25, -0.2) is 0 Å². The van der Waals surface area contributed by atoms with Gasteiger partial charge in [0.15, 0.2) is 0 Å². The van der Waals surface area contributed by atoms with Crippen LogP contribution >= 0.6 is 0 Å². The van der Waals surface area contributed by atoms with Gasteiger partial charge in [0.2, 0.25) is 0 Å². The Morgan fingerprint density at radius 2 is 1.64 bits per heavy atom.